The molecule has 0 radical (unpaired) electrons. The number of carbonyl (C=O) groups is 1. The van der Waals surface area contributed by atoms with E-state index in [9.17, 15) is 21.6 Å². The maximum absolute atomic E-state index is 12.2. The van der Waals surface area contributed by atoms with Crippen LogP contribution in [0.5, 0.6) is 0 Å². The van der Waals surface area contributed by atoms with E-state index in [1.807, 2.05) is 0 Å². The molecule has 1 amide bonds. The van der Waals surface area contributed by atoms with Crippen LogP contribution < -0.4 is 14.8 Å². The van der Waals surface area contributed by atoms with Gasteiger partial charge >= 0.3 is 0 Å². The quantitative estimate of drug-likeness (QED) is 0.525. The van der Waals surface area contributed by atoms with Crippen molar-refractivity contribution < 1.29 is 21.6 Å². The summed E-state index contributed by atoms with van der Waals surface area (Å²) in [6.45, 7) is 1.65. The van der Waals surface area contributed by atoms with Gasteiger partial charge in [-0.15, -0.1) is 0 Å². The molecule has 0 saturated heterocycles. The van der Waals surface area contributed by atoms with Gasteiger partial charge in [-0.2, -0.15) is 0 Å². The fourth-order valence-electron chi connectivity index (χ4n) is 2.23. The first-order valence-electron chi connectivity index (χ1n) is 8.10. The Balaban J connectivity index is 1.94. The number of benzene rings is 2. The highest BCUT2D eigenvalue weighted by Crippen LogP contribution is 2.21. The Morgan fingerprint density at radius 1 is 1.04 bits per heavy atom. The smallest absolute Gasteiger partial charge is 0.240 e. The van der Waals surface area contributed by atoms with Crippen LogP contribution >= 0.6 is 15.9 Å². The second kappa shape index (κ2) is 9.03. The van der Waals surface area contributed by atoms with E-state index in [-0.39, 0.29) is 17.9 Å². The summed E-state index contributed by atoms with van der Waals surface area (Å²) in [4.78, 5) is 12.2. The van der Waals surface area contributed by atoms with Gasteiger partial charge in [0.2, 0.25) is 26.0 Å². The summed E-state index contributed by atoms with van der Waals surface area (Å²) in [5.74, 6) is -0.410. The van der Waals surface area contributed by atoms with Crippen molar-refractivity contribution in [1.29, 1.82) is 0 Å². The summed E-state index contributed by atoms with van der Waals surface area (Å²) in [6, 6.07) is 10.9. The van der Waals surface area contributed by atoms with Crippen LogP contribution in [0.3, 0.4) is 0 Å². The minimum absolute atomic E-state index is 0.0788. The Labute approximate surface area is 173 Å². The minimum Gasteiger partial charge on any atom is -0.326 e. The molecule has 0 fully saturated rings. The van der Waals surface area contributed by atoms with Crippen molar-refractivity contribution in [3.63, 3.8) is 0 Å². The van der Waals surface area contributed by atoms with Crippen LogP contribution in [0.4, 0.5) is 11.4 Å². The molecule has 3 N–H and O–H groups in total. The van der Waals surface area contributed by atoms with E-state index >= 15 is 0 Å². The summed E-state index contributed by atoms with van der Waals surface area (Å²) in [5, 5.41) is 2.61. The summed E-state index contributed by atoms with van der Waals surface area (Å²) in [5.41, 5.74) is 1.46. The predicted octanol–water partition coefficient (Wildman–Crippen LogP) is 2.44. The number of carbonyl (C=O) groups excluding carboxylic acids is 1. The van der Waals surface area contributed by atoms with E-state index in [0.717, 1.165) is 10.7 Å². The number of hydrogen-bond donors (Lipinski definition) is 3. The molecular formula is C17H20BrN3O5S2. The van der Waals surface area contributed by atoms with Crippen LogP contribution in [0.25, 0.3) is 0 Å². The molecule has 0 heterocycles. The first kappa shape index (κ1) is 22.3. The maximum atomic E-state index is 12.2. The summed E-state index contributed by atoms with van der Waals surface area (Å²) >= 11 is 3.23. The van der Waals surface area contributed by atoms with E-state index in [4.69, 9.17) is 0 Å². The lowest BCUT2D eigenvalue weighted by Crippen LogP contribution is -2.27. The molecule has 0 aliphatic carbocycles. The lowest BCUT2D eigenvalue weighted by Gasteiger charge is -2.11. The van der Waals surface area contributed by atoms with Gasteiger partial charge in [0.1, 0.15) is 0 Å². The van der Waals surface area contributed by atoms with E-state index in [1.165, 1.54) is 18.2 Å². The second-order valence-corrected chi connectivity index (χ2v) is 10.5. The Kier molecular flexibility index (Phi) is 7.21. The van der Waals surface area contributed by atoms with Crippen LogP contribution in [0, 0.1) is 6.92 Å². The van der Waals surface area contributed by atoms with E-state index in [2.05, 4.69) is 30.7 Å². The van der Waals surface area contributed by atoms with Crippen LogP contribution in [0.1, 0.15) is 12.0 Å². The highest BCUT2D eigenvalue weighted by atomic mass is 79.9. The molecule has 8 nitrogen and oxygen atoms in total. The highest BCUT2D eigenvalue weighted by molar-refractivity contribution is 9.10. The average Bonchev–Trinajstić information content (AvgIpc) is 2.57. The number of nitrogens with one attached hydrogen (secondary N) is 3. The van der Waals surface area contributed by atoms with Crippen LogP contribution in [-0.4, -0.2) is 35.5 Å². The Hall–Kier alpha value is -1.95. The molecule has 0 atom stereocenters. The van der Waals surface area contributed by atoms with Crippen molar-refractivity contribution in [2.45, 2.75) is 18.2 Å². The van der Waals surface area contributed by atoms with Gasteiger partial charge < -0.3 is 5.32 Å². The highest BCUT2D eigenvalue weighted by Gasteiger charge is 2.14. The molecule has 0 unspecified atom stereocenters. The van der Waals surface area contributed by atoms with Gasteiger partial charge in [0.05, 0.1) is 16.8 Å². The molecule has 0 aromatic heterocycles. The molecule has 2 aromatic carbocycles. The van der Waals surface area contributed by atoms with Gasteiger partial charge in [0.25, 0.3) is 0 Å². The average molecular weight is 490 g/mol. The third-order valence-electron chi connectivity index (χ3n) is 3.58. The van der Waals surface area contributed by atoms with Gasteiger partial charge in [0, 0.05) is 23.1 Å². The van der Waals surface area contributed by atoms with Crippen molar-refractivity contribution in [3.8, 4) is 0 Å². The number of amides is 1. The molecule has 11 heteroatoms. The fourth-order valence-corrected chi connectivity index (χ4v) is 4.14. The van der Waals surface area contributed by atoms with Crippen molar-refractivity contribution in [3.05, 3.63) is 52.5 Å². The fraction of sp³-hybridized carbons (Fsp3) is 0.235. The second-order valence-electron chi connectivity index (χ2n) is 6.05. The zero-order valence-electron chi connectivity index (χ0n) is 15.2. The molecular weight excluding hydrogens is 470 g/mol. The third-order valence-corrected chi connectivity index (χ3v) is 6.18. The zero-order chi connectivity index (χ0) is 20.9. The molecule has 28 heavy (non-hydrogen) atoms. The van der Waals surface area contributed by atoms with Gasteiger partial charge in [-0.3, -0.25) is 9.52 Å². The van der Waals surface area contributed by atoms with Crippen molar-refractivity contribution in [2.24, 2.45) is 0 Å². The molecule has 0 aliphatic rings. The van der Waals surface area contributed by atoms with Crippen LogP contribution in [0.2, 0.25) is 0 Å². The van der Waals surface area contributed by atoms with Crippen LogP contribution in [0.15, 0.2) is 51.8 Å². The number of sulfonamides is 2. The normalized spacial score (nSPS) is 11.8. The standard InChI is InChI=1S/C17H20BrN3O5S2/c1-12-3-6-14(11-16(12)21-27(2,23)24)20-17(22)9-10-19-28(25,26)15-7-4-13(18)5-8-15/h3-8,11,19,21H,9-10H2,1-2H3,(H,20,22). The van der Waals surface area contributed by atoms with Gasteiger partial charge in [-0.1, -0.05) is 22.0 Å². The lowest BCUT2D eigenvalue weighted by atomic mass is 10.2. The van der Waals surface area contributed by atoms with Gasteiger partial charge in [-0.05, 0) is 48.9 Å². The third kappa shape index (κ3) is 6.89. The lowest BCUT2D eigenvalue weighted by molar-refractivity contribution is -0.116. The maximum Gasteiger partial charge on any atom is 0.240 e. The summed E-state index contributed by atoms with van der Waals surface area (Å²) in [6.07, 6.45) is 0.952. The Morgan fingerprint density at radius 3 is 2.29 bits per heavy atom. The molecule has 152 valence electrons. The topological polar surface area (TPSA) is 121 Å². The molecule has 0 saturated carbocycles. The minimum atomic E-state index is -3.71. The van der Waals surface area contributed by atoms with Gasteiger partial charge in [0.15, 0.2) is 0 Å². The van der Waals surface area contributed by atoms with Crippen molar-refractivity contribution in [1.82, 2.24) is 4.72 Å². The number of rotatable bonds is 8. The number of halogens is 1. The molecule has 2 aromatic rings. The van der Waals surface area contributed by atoms with Crippen molar-refractivity contribution in [2.75, 3.05) is 22.8 Å². The molecule has 0 aliphatic heterocycles. The number of hydrogen-bond acceptors (Lipinski definition) is 5. The number of aryl methyl sites for hydroxylation is 1. The number of anilines is 2. The summed E-state index contributed by atoms with van der Waals surface area (Å²) < 4.78 is 52.6. The molecule has 0 bridgehead atoms. The SMILES string of the molecule is Cc1ccc(NC(=O)CCNS(=O)(=O)c2ccc(Br)cc2)cc1NS(C)(=O)=O. The monoisotopic (exact) mass is 489 g/mol. The molecule has 2 rings (SSSR count). The largest absolute Gasteiger partial charge is 0.326 e. The zero-order valence-corrected chi connectivity index (χ0v) is 18.4. The molecule has 0 spiro atoms. The Morgan fingerprint density at radius 2 is 1.68 bits per heavy atom. The summed E-state index contributed by atoms with van der Waals surface area (Å²) in [7, 11) is -7.15. The first-order valence-corrected chi connectivity index (χ1v) is 12.3. The van der Waals surface area contributed by atoms with E-state index in [0.29, 0.717) is 16.9 Å². The van der Waals surface area contributed by atoms with Crippen LogP contribution in [-0.2, 0) is 24.8 Å². The predicted molar refractivity (Wildman–Crippen MR) is 112 cm³/mol. The van der Waals surface area contributed by atoms with Crippen molar-refractivity contribution >= 4 is 53.3 Å². The Bertz CT molecular complexity index is 1070. The van der Waals surface area contributed by atoms with E-state index in [1.54, 1.807) is 31.2 Å². The first-order chi connectivity index (χ1) is 13.0. The van der Waals surface area contributed by atoms with Gasteiger partial charge in [-0.25, -0.2) is 21.6 Å². The van der Waals surface area contributed by atoms with E-state index < -0.39 is 26.0 Å².